The van der Waals surface area contributed by atoms with Gasteiger partial charge in [-0.05, 0) is 44.4 Å². The van der Waals surface area contributed by atoms with Gasteiger partial charge in [0.15, 0.2) is 0 Å². The van der Waals surface area contributed by atoms with Crippen LogP contribution in [-0.2, 0) is 13.1 Å². The van der Waals surface area contributed by atoms with Crippen molar-refractivity contribution >= 4 is 5.91 Å². The summed E-state index contributed by atoms with van der Waals surface area (Å²) in [5.74, 6) is 1.03. The van der Waals surface area contributed by atoms with Gasteiger partial charge in [-0.25, -0.2) is 4.98 Å². The van der Waals surface area contributed by atoms with E-state index in [2.05, 4.69) is 40.7 Å². The molecule has 0 unspecified atom stereocenters. The van der Waals surface area contributed by atoms with Crippen LogP contribution in [0.2, 0.25) is 0 Å². The molecule has 3 aromatic rings. The Bertz CT molecular complexity index is 921. The largest absolute Gasteiger partial charge is 0.329 e. The number of benzene rings is 2. The van der Waals surface area contributed by atoms with Gasteiger partial charge < -0.3 is 9.47 Å². The fourth-order valence-corrected chi connectivity index (χ4v) is 3.29. The van der Waals surface area contributed by atoms with Crippen LogP contribution in [0.4, 0.5) is 0 Å². The third-order valence-electron chi connectivity index (χ3n) is 5.13. The van der Waals surface area contributed by atoms with Crippen molar-refractivity contribution < 1.29 is 4.79 Å². The molecule has 4 nitrogen and oxygen atoms in total. The second-order valence-electron chi connectivity index (χ2n) is 7.49. The zero-order valence-corrected chi connectivity index (χ0v) is 15.9. The summed E-state index contributed by atoms with van der Waals surface area (Å²) in [5.41, 5.74) is 4.41. The highest BCUT2D eigenvalue weighted by molar-refractivity contribution is 5.94. The minimum atomic E-state index is 0.0994. The van der Waals surface area contributed by atoms with Crippen molar-refractivity contribution in [2.45, 2.75) is 45.8 Å². The molecule has 0 saturated heterocycles. The molecule has 0 aliphatic heterocycles. The first-order chi connectivity index (χ1) is 13.1. The molecule has 0 radical (unpaired) electrons. The van der Waals surface area contributed by atoms with E-state index >= 15 is 0 Å². The van der Waals surface area contributed by atoms with E-state index in [1.54, 1.807) is 0 Å². The van der Waals surface area contributed by atoms with Crippen molar-refractivity contribution in [3.8, 4) is 0 Å². The van der Waals surface area contributed by atoms with Crippen molar-refractivity contribution in [2.75, 3.05) is 0 Å². The Kier molecular flexibility index (Phi) is 4.80. The number of amides is 1. The number of imidazole rings is 1. The third kappa shape index (κ3) is 4.11. The third-order valence-corrected chi connectivity index (χ3v) is 5.13. The van der Waals surface area contributed by atoms with Crippen LogP contribution in [0.5, 0.6) is 0 Å². The van der Waals surface area contributed by atoms with Crippen LogP contribution < -0.4 is 0 Å². The SMILES string of the molecule is Cc1ccc(Cn2ccnc2CN(C(=O)c2ccc(C)cc2)C2CC2)cc1. The molecule has 0 atom stereocenters. The van der Waals surface area contributed by atoms with Gasteiger partial charge in [0.05, 0.1) is 6.54 Å². The highest BCUT2D eigenvalue weighted by Gasteiger charge is 2.33. The normalized spacial score (nSPS) is 13.6. The zero-order chi connectivity index (χ0) is 18.8. The first-order valence-electron chi connectivity index (χ1n) is 9.53. The average molecular weight is 359 g/mol. The lowest BCUT2D eigenvalue weighted by atomic mass is 10.1. The van der Waals surface area contributed by atoms with Crippen LogP contribution in [0.25, 0.3) is 0 Å². The fourth-order valence-electron chi connectivity index (χ4n) is 3.29. The monoisotopic (exact) mass is 359 g/mol. The molecule has 1 fully saturated rings. The quantitative estimate of drug-likeness (QED) is 0.656. The molecular weight excluding hydrogens is 334 g/mol. The Balaban J connectivity index is 1.53. The molecule has 0 N–H and O–H groups in total. The number of aromatic nitrogens is 2. The summed E-state index contributed by atoms with van der Waals surface area (Å²) in [7, 11) is 0. The fraction of sp³-hybridized carbons (Fsp3) is 0.304. The van der Waals surface area contributed by atoms with Crippen molar-refractivity contribution in [3.05, 3.63) is 89.0 Å². The molecule has 4 rings (SSSR count). The van der Waals surface area contributed by atoms with E-state index in [0.29, 0.717) is 12.6 Å². The molecular formula is C23H25N3O. The molecule has 1 aliphatic rings. The predicted octanol–water partition coefficient (Wildman–Crippen LogP) is 4.35. The van der Waals surface area contributed by atoms with E-state index in [9.17, 15) is 4.79 Å². The van der Waals surface area contributed by atoms with Gasteiger partial charge in [-0.2, -0.15) is 0 Å². The van der Waals surface area contributed by atoms with Crippen LogP contribution >= 0.6 is 0 Å². The van der Waals surface area contributed by atoms with Crippen LogP contribution in [0, 0.1) is 13.8 Å². The van der Waals surface area contributed by atoms with E-state index in [-0.39, 0.29) is 5.91 Å². The second-order valence-corrected chi connectivity index (χ2v) is 7.49. The highest BCUT2D eigenvalue weighted by atomic mass is 16.2. The van der Waals surface area contributed by atoms with Gasteiger partial charge in [0.25, 0.3) is 5.91 Å². The van der Waals surface area contributed by atoms with E-state index in [0.717, 1.165) is 36.3 Å². The van der Waals surface area contributed by atoms with Gasteiger partial charge in [-0.1, -0.05) is 47.5 Å². The average Bonchev–Trinajstić information content (AvgIpc) is 3.42. The van der Waals surface area contributed by atoms with Crippen molar-refractivity contribution in [2.24, 2.45) is 0 Å². The number of hydrogen-bond acceptors (Lipinski definition) is 2. The Morgan fingerprint density at radius 3 is 2.30 bits per heavy atom. The second kappa shape index (κ2) is 7.39. The molecule has 0 spiro atoms. The molecule has 1 aromatic heterocycles. The van der Waals surface area contributed by atoms with Crippen LogP contribution in [0.3, 0.4) is 0 Å². The topological polar surface area (TPSA) is 38.1 Å². The summed E-state index contributed by atoms with van der Waals surface area (Å²) in [6.45, 7) is 5.45. The van der Waals surface area contributed by atoms with Crippen LogP contribution in [-0.4, -0.2) is 26.4 Å². The highest BCUT2D eigenvalue weighted by Crippen LogP contribution is 2.29. The summed E-state index contributed by atoms with van der Waals surface area (Å²) in [4.78, 5) is 19.6. The summed E-state index contributed by atoms with van der Waals surface area (Å²) < 4.78 is 2.14. The van der Waals surface area contributed by atoms with Crippen molar-refractivity contribution in [1.29, 1.82) is 0 Å². The Labute approximate surface area is 160 Å². The summed E-state index contributed by atoms with van der Waals surface area (Å²) >= 11 is 0. The van der Waals surface area contributed by atoms with Crippen LogP contribution in [0.15, 0.2) is 60.9 Å². The maximum absolute atomic E-state index is 13.1. The number of carbonyl (C=O) groups excluding carboxylic acids is 1. The number of carbonyl (C=O) groups is 1. The maximum atomic E-state index is 13.1. The van der Waals surface area contributed by atoms with Crippen molar-refractivity contribution in [3.63, 3.8) is 0 Å². The molecule has 1 aliphatic carbocycles. The van der Waals surface area contributed by atoms with E-state index in [4.69, 9.17) is 0 Å². The number of hydrogen-bond donors (Lipinski definition) is 0. The molecule has 1 heterocycles. The van der Waals surface area contributed by atoms with E-state index in [1.807, 2.05) is 48.5 Å². The Morgan fingerprint density at radius 1 is 1.04 bits per heavy atom. The van der Waals surface area contributed by atoms with Gasteiger partial charge in [0.2, 0.25) is 0 Å². The molecule has 1 saturated carbocycles. The molecule has 138 valence electrons. The molecule has 0 bridgehead atoms. The number of aryl methyl sites for hydroxylation is 2. The molecule has 4 heteroatoms. The first kappa shape index (κ1) is 17.5. The summed E-state index contributed by atoms with van der Waals surface area (Å²) in [6, 6.07) is 16.7. The lowest BCUT2D eigenvalue weighted by Crippen LogP contribution is -2.33. The number of rotatable bonds is 6. The Morgan fingerprint density at radius 2 is 1.67 bits per heavy atom. The zero-order valence-electron chi connectivity index (χ0n) is 15.9. The molecule has 2 aromatic carbocycles. The van der Waals surface area contributed by atoms with Crippen LogP contribution in [0.1, 0.15) is 45.7 Å². The lowest BCUT2D eigenvalue weighted by molar-refractivity contribution is 0.0723. The maximum Gasteiger partial charge on any atom is 0.254 e. The van der Waals surface area contributed by atoms with Gasteiger partial charge in [0.1, 0.15) is 5.82 Å². The van der Waals surface area contributed by atoms with E-state index in [1.165, 1.54) is 11.1 Å². The van der Waals surface area contributed by atoms with Gasteiger partial charge in [-0.15, -0.1) is 0 Å². The molecule has 1 amide bonds. The minimum absolute atomic E-state index is 0.0994. The van der Waals surface area contributed by atoms with E-state index < -0.39 is 0 Å². The summed E-state index contributed by atoms with van der Waals surface area (Å²) in [5, 5.41) is 0. The minimum Gasteiger partial charge on any atom is -0.329 e. The van der Waals surface area contributed by atoms with Gasteiger partial charge in [0, 0.05) is 30.5 Å². The number of nitrogens with zero attached hydrogens (tertiary/aromatic N) is 3. The smallest absolute Gasteiger partial charge is 0.254 e. The van der Waals surface area contributed by atoms with Gasteiger partial charge >= 0.3 is 0 Å². The van der Waals surface area contributed by atoms with Crippen molar-refractivity contribution in [1.82, 2.24) is 14.5 Å². The van der Waals surface area contributed by atoms with Gasteiger partial charge in [-0.3, -0.25) is 4.79 Å². The summed E-state index contributed by atoms with van der Waals surface area (Å²) in [6.07, 6.45) is 5.98. The standard InChI is InChI=1S/C23H25N3O/c1-17-3-7-19(8-4-17)15-25-14-13-24-22(25)16-26(21-11-12-21)23(27)20-9-5-18(2)6-10-20/h3-10,13-14,21H,11-12,15-16H2,1-2H3. The lowest BCUT2D eigenvalue weighted by Gasteiger charge is -2.23. The predicted molar refractivity (Wildman–Crippen MR) is 107 cm³/mol. The Hall–Kier alpha value is -2.88. The first-order valence-corrected chi connectivity index (χ1v) is 9.53. The molecule has 27 heavy (non-hydrogen) atoms.